The number of amides is 1. The lowest BCUT2D eigenvalue weighted by atomic mass is 10.0. The molecule has 4 rings (SSSR count). The molecule has 8 heteroatoms. The summed E-state index contributed by atoms with van der Waals surface area (Å²) in [5.41, 5.74) is 1.71. The second-order valence-corrected chi connectivity index (χ2v) is 9.18. The Balaban J connectivity index is 1.62. The number of aromatic nitrogens is 4. The molecule has 1 fully saturated rings. The van der Waals surface area contributed by atoms with Gasteiger partial charge in [-0.3, -0.25) is 18.8 Å². The predicted octanol–water partition coefficient (Wildman–Crippen LogP) is 3.58. The zero-order valence-electron chi connectivity index (χ0n) is 17.4. The van der Waals surface area contributed by atoms with Gasteiger partial charge in [-0.15, -0.1) is 11.3 Å². The van der Waals surface area contributed by atoms with Crippen molar-refractivity contribution in [3.8, 4) is 0 Å². The number of piperidine rings is 1. The van der Waals surface area contributed by atoms with Gasteiger partial charge in [-0.2, -0.15) is 5.10 Å². The van der Waals surface area contributed by atoms with E-state index in [-0.39, 0.29) is 23.6 Å². The van der Waals surface area contributed by atoms with E-state index in [1.54, 1.807) is 39.3 Å². The SMILES string of the molecule is CCc1c(C)sc2ncn([C@@H]3CCCN(C(=O)c4cnn(C(C)C)c4)C3)c(=O)c12. The average Bonchev–Trinajstić information content (AvgIpc) is 3.32. The third-order valence-electron chi connectivity index (χ3n) is 5.75. The van der Waals surface area contributed by atoms with Crippen LogP contribution in [0.4, 0.5) is 0 Å². The first kappa shape index (κ1) is 19.8. The fraction of sp³-hybridized carbons (Fsp3) is 0.524. The van der Waals surface area contributed by atoms with E-state index in [1.165, 1.54) is 0 Å². The number of hydrogen-bond acceptors (Lipinski definition) is 5. The average molecular weight is 414 g/mol. The summed E-state index contributed by atoms with van der Waals surface area (Å²) in [5.74, 6) is -0.0238. The Morgan fingerprint density at radius 2 is 2.17 bits per heavy atom. The van der Waals surface area contributed by atoms with Crippen LogP contribution in [0.1, 0.15) is 66.5 Å². The molecular formula is C21H27N5O2S. The molecule has 29 heavy (non-hydrogen) atoms. The van der Waals surface area contributed by atoms with Gasteiger partial charge >= 0.3 is 0 Å². The Morgan fingerprint density at radius 1 is 1.38 bits per heavy atom. The maximum Gasteiger partial charge on any atom is 0.262 e. The van der Waals surface area contributed by atoms with Gasteiger partial charge in [-0.1, -0.05) is 6.92 Å². The molecule has 1 saturated heterocycles. The molecule has 7 nitrogen and oxygen atoms in total. The Hall–Kier alpha value is -2.48. The summed E-state index contributed by atoms with van der Waals surface area (Å²) in [7, 11) is 0. The minimum Gasteiger partial charge on any atom is -0.336 e. The molecule has 0 unspecified atom stereocenters. The third-order valence-corrected chi connectivity index (χ3v) is 6.80. The first-order valence-electron chi connectivity index (χ1n) is 10.2. The normalized spacial score (nSPS) is 17.4. The molecule has 0 aromatic carbocycles. The molecule has 0 spiro atoms. The Labute approximate surface area is 174 Å². The molecule has 1 amide bonds. The molecule has 4 heterocycles. The van der Waals surface area contributed by atoms with Crippen LogP contribution in [0, 0.1) is 6.92 Å². The van der Waals surface area contributed by atoms with E-state index in [4.69, 9.17) is 0 Å². The van der Waals surface area contributed by atoms with E-state index >= 15 is 0 Å². The summed E-state index contributed by atoms with van der Waals surface area (Å²) in [6.07, 6.45) is 7.65. The number of carbonyl (C=O) groups is 1. The van der Waals surface area contributed by atoms with Crippen LogP contribution in [0.15, 0.2) is 23.5 Å². The van der Waals surface area contributed by atoms with Crippen molar-refractivity contribution in [1.82, 2.24) is 24.2 Å². The number of nitrogens with zero attached hydrogens (tertiary/aromatic N) is 5. The minimum absolute atomic E-state index is 0.0168. The minimum atomic E-state index is -0.0536. The van der Waals surface area contributed by atoms with Crippen molar-refractivity contribution in [3.63, 3.8) is 0 Å². The lowest BCUT2D eigenvalue weighted by Gasteiger charge is -2.33. The number of thiophene rings is 1. The van der Waals surface area contributed by atoms with Crippen molar-refractivity contribution in [2.24, 2.45) is 0 Å². The molecule has 3 aromatic rings. The van der Waals surface area contributed by atoms with Gasteiger partial charge in [0.15, 0.2) is 0 Å². The summed E-state index contributed by atoms with van der Waals surface area (Å²) < 4.78 is 3.53. The molecule has 154 valence electrons. The number of fused-ring (bicyclic) bond motifs is 1. The molecule has 3 aromatic heterocycles. The molecule has 1 aliphatic heterocycles. The number of aryl methyl sites for hydroxylation is 2. The molecule has 0 saturated carbocycles. The molecule has 1 atom stereocenters. The van der Waals surface area contributed by atoms with Crippen molar-refractivity contribution in [2.75, 3.05) is 13.1 Å². The Bertz CT molecular complexity index is 1110. The van der Waals surface area contributed by atoms with Crippen LogP contribution in [-0.4, -0.2) is 43.2 Å². The zero-order valence-corrected chi connectivity index (χ0v) is 18.2. The van der Waals surface area contributed by atoms with Crippen molar-refractivity contribution in [1.29, 1.82) is 0 Å². The quantitative estimate of drug-likeness (QED) is 0.655. The summed E-state index contributed by atoms with van der Waals surface area (Å²) in [5, 5.41) is 5.03. The van der Waals surface area contributed by atoms with Gasteiger partial charge in [-0.05, 0) is 45.6 Å². The lowest BCUT2D eigenvalue weighted by Crippen LogP contribution is -2.42. The van der Waals surface area contributed by atoms with Crippen LogP contribution in [-0.2, 0) is 6.42 Å². The second-order valence-electron chi connectivity index (χ2n) is 7.98. The van der Waals surface area contributed by atoms with Gasteiger partial charge in [0.05, 0.1) is 29.5 Å². The molecule has 0 aliphatic carbocycles. The fourth-order valence-electron chi connectivity index (χ4n) is 4.14. The number of likely N-dealkylation sites (tertiary alicyclic amines) is 1. The van der Waals surface area contributed by atoms with Gasteiger partial charge in [0.2, 0.25) is 0 Å². The first-order valence-corrected chi connectivity index (χ1v) is 11.0. The van der Waals surface area contributed by atoms with Crippen LogP contribution in [0.5, 0.6) is 0 Å². The van der Waals surface area contributed by atoms with Crippen LogP contribution in [0.25, 0.3) is 10.2 Å². The van der Waals surface area contributed by atoms with Crippen molar-refractivity contribution in [3.05, 3.63) is 45.1 Å². The predicted molar refractivity (Wildman–Crippen MR) is 115 cm³/mol. The van der Waals surface area contributed by atoms with E-state index in [0.717, 1.165) is 39.9 Å². The van der Waals surface area contributed by atoms with Gasteiger partial charge in [0.25, 0.3) is 11.5 Å². The molecule has 0 radical (unpaired) electrons. The third kappa shape index (κ3) is 3.50. The molecule has 0 N–H and O–H groups in total. The highest BCUT2D eigenvalue weighted by atomic mass is 32.1. The summed E-state index contributed by atoms with van der Waals surface area (Å²) in [4.78, 5) is 34.6. The van der Waals surface area contributed by atoms with Crippen LogP contribution >= 0.6 is 11.3 Å². The van der Waals surface area contributed by atoms with E-state index in [1.807, 2.05) is 25.7 Å². The smallest absolute Gasteiger partial charge is 0.262 e. The monoisotopic (exact) mass is 413 g/mol. The highest BCUT2D eigenvalue weighted by molar-refractivity contribution is 7.18. The van der Waals surface area contributed by atoms with Crippen LogP contribution < -0.4 is 5.56 Å². The van der Waals surface area contributed by atoms with E-state index < -0.39 is 0 Å². The maximum absolute atomic E-state index is 13.3. The topological polar surface area (TPSA) is 73.0 Å². The number of hydrogen-bond donors (Lipinski definition) is 0. The summed E-state index contributed by atoms with van der Waals surface area (Å²) in [6, 6.07) is 0.158. The Kier molecular flexibility index (Phi) is 5.29. The molecular weight excluding hydrogens is 386 g/mol. The molecule has 1 aliphatic rings. The zero-order chi connectivity index (χ0) is 20.7. The first-order chi connectivity index (χ1) is 13.9. The van der Waals surface area contributed by atoms with E-state index in [2.05, 4.69) is 17.0 Å². The van der Waals surface area contributed by atoms with Crippen LogP contribution in [0.3, 0.4) is 0 Å². The fourth-order valence-corrected chi connectivity index (χ4v) is 5.21. The van der Waals surface area contributed by atoms with Crippen molar-refractivity contribution >= 4 is 27.5 Å². The van der Waals surface area contributed by atoms with Gasteiger partial charge in [0.1, 0.15) is 4.83 Å². The van der Waals surface area contributed by atoms with Crippen LogP contribution in [0.2, 0.25) is 0 Å². The largest absolute Gasteiger partial charge is 0.336 e. The highest BCUT2D eigenvalue weighted by Crippen LogP contribution is 2.28. The van der Waals surface area contributed by atoms with E-state index in [9.17, 15) is 9.59 Å². The van der Waals surface area contributed by atoms with Gasteiger partial charge in [0, 0.05) is 30.2 Å². The Morgan fingerprint density at radius 3 is 2.86 bits per heavy atom. The standard InChI is InChI=1S/C21H27N5O2S/c1-5-17-14(4)29-19-18(17)21(28)25(12-22-19)16-7-6-8-24(11-16)20(27)15-9-23-26(10-15)13(2)3/h9-10,12-13,16H,5-8,11H2,1-4H3/t16-/m1/s1. The maximum atomic E-state index is 13.3. The molecule has 0 bridgehead atoms. The van der Waals surface area contributed by atoms with Crippen molar-refractivity contribution < 1.29 is 4.79 Å². The highest BCUT2D eigenvalue weighted by Gasteiger charge is 2.28. The summed E-state index contributed by atoms with van der Waals surface area (Å²) in [6.45, 7) is 9.40. The number of carbonyl (C=O) groups excluding carboxylic acids is 1. The van der Waals surface area contributed by atoms with Gasteiger partial charge < -0.3 is 4.90 Å². The van der Waals surface area contributed by atoms with Crippen molar-refractivity contribution in [2.45, 2.75) is 59.0 Å². The lowest BCUT2D eigenvalue weighted by molar-refractivity contribution is 0.0677. The second kappa shape index (κ2) is 7.74. The number of rotatable bonds is 4. The van der Waals surface area contributed by atoms with E-state index in [0.29, 0.717) is 18.7 Å². The summed E-state index contributed by atoms with van der Waals surface area (Å²) >= 11 is 1.58. The van der Waals surface area contributed by atoms with Gasteiger partial charge in [-0.25, -0.2) is 4.98 Å².